The minimum Gasteiger partial charge on any atom is -0.288 e. The summed E-state index contributed by atoms with van der Waals surface area (Å²) in [5.74, 6) is -0.145. The van der Waals surface area contributed by atoms with E-state index in [2.05, 4.69) is 4.98 Å². The molecule has 3 aromatic carbocycles. The summed E-state index contributed by atoms with van der Waals surface area (Å²) in [4.78, 5) is 31.7. The summed E-state index contributed by atoms with van der Waals surface area (Å²) >= 11 is 7.67. The van der Waals surface area contributed by atoms with Gasteiger partial charge in [-0.1, -0.05) is 35.9 Å². The van der Waals surface area contributed by atoms with Gasteiger partial charge in [0.2, 0.25) is 5.43 Å². The van der Waals surface area contributed by atoms with Gasteiger partial charge in [-0.15, -0.1) is 11.3 Å². The highest BCUT2D eigenvalue weighted by Gasteiger charge is 2.20. The lowest BCUT2D eigenvalue weighted by molar-refractivity contribution is 0.627. The van der Waals surface area contributed by atoms with Crippen LogP contribution in [0.3, 0.4) is 0 Å². The molecule has 0 aliphatic heterocycles. The third-order valence-corrected chi connectivity index (χ3v) is 6.21. The van der Waals surface area contributed by atoms with Gasteiger partial charge in [-0.25, -0.2) is 9.37 Å². The second-order valence-electron chi connectivity index (χ2n) is 6.64. The van der Waals surface area contributed by atoms with Crippen molar-refractivity contribution in [1.29, 1.82) is 0 Å². The number of hydrogen-bond donors (Lipinski definition) is 0. The molecule has 30 heavy (non-hydrogen) atoms. The Morgan fingerprint density at radius 1 is 0.900 bits per heavy atom. The van der Waals surface area contributed by atoms with Crippen LogP contribution in [-0.4, -0.2) is 9.55 Å². The Morgan fingerprint density at radius 3 is 2.37 bits per heavy atom. The average molecular weight is 435 g/mol. The molecule has 0 aliphatic carbocycles. The molecule has 7 heteroatoms. The van der Waals surface area contributed by atoms with Crippen LogP contribution in [0.15, 0.2) is 82.4 Å². The summed E-state index contributed by atoms with van der Waals surface area (Å²) in [5, 5.41) is 0.872. The number of aromatic nitrogens is 2. The van der Waals surface area contributed by atoms with Gasteiger partial charge in [0.05, 0.1) is 10.7 Å². The average Bonchev–Trinajstić information content (AvgIpc) is 2.75. The molecule has 146 valence electrons. The molecule has 0 saturated heterocycles. The topological polar surface area (TPSA) is 52.0 Å². The fourth-order valence-electron chi connectivity index (χ4n) is 3.40. The first kappa shape index (κ1) is 18.7. The lowest BCUT2D eigenvalue weighted by atomic mass is 10.1. The van der Waals surface area contributed by atoms with E-state index in [1.165, 1.54) is 40.2 Å². The van der Waals surface area contributed by atoms with Gasteiger partial charge in [0.1, 0.15) is 16.0 Å². The predicted molar refractivity (Wildman–Crippen MR) is 119 cm³/mol. The molecule has 2 aromatic heterocycles. The van der Waals surface area contributed by atoms with Crippen molar-refractivity contribution in [1.82, 2.24) is 9.55 Å². The molecule has 2 heterocycles. The highest BCUT2D eigenvalue weighted by Crippen LogP contribution is 2.30. The molecule has 0 N–H and O–H groups in total. The second-order valence-corrected chi connectivity index (χ2v) is 8.08. The number of hydrogen-bond acceptors (Lipinski definition) is 4. The summed E-state index contributed by atoms with van der Waals surface area (Å²) in [6.45, 7) is 0. The van der Waals surface area contributed by atoms with Crippen LogP contribution in [0.2, 0.25) is 5.02 Å². The summed E-state index contributed by atoms with van der Waals surface area (Å²) in [6.07, 6.45) is 0. The number of rotatable bonds is 2. The van der Waals surface area contributed by atoms with Crippen LogP contribution in [0.25, 0.3) is 37.4 Å². The minimum absolute atomic E-state index is 0.00108. The lowest BCUT2D eigenvalue weighted by Gasteiger charge is -2.14. The molecule has 5 rings (SSSR count). The number of fused-ring (bicyclic) bond motifs is 2. The smallest absolute Gasteiger partial charge is 0.271 e. The van der Waals surface area contributed by atoms with Crippen LogP contribution >= 0.6 is 22.9 Å². The van der Waals surface area contributed by atoms with E-state index in [-0.39, 0.29) is 16.6 Å². The molecule has 0 radical (unpaired) electrons. The van der Waals surface area contributed by atoms with Crippen molar-refractivity contribution in [3.8, 4) is 17.1 Å². The van der Waals surface area contributed by atoms with Crippen molar-refractivity contribution in [2.24, 2.45) is 0 Å². The molecule has 0 atom stereocenters. The Balaban J connectivity index is 1.99. The first-order chi connectivity index (χ1) is 14.5. The summed E-state index contributed by atoms with van der Waals surface area (Å²) in [6, 6.07) is 19.6. The van der Waals surface area contributed by atoms with Crippen LogP contribution in [0.1, 0.15) is 0 Å². The van der Waals surface area contributed by atoms with E-state index in [1.807, 2.05) is 12.1 Å². The zero-order valence-corrected chi connectivity index (χ0v) is 16.9. The monoisotopic (exact) mass is 434 g/mol. The fourth-order valence-corrected chi connectivity index (χ4v) is 4.66. The zero-order chi connectivity index (χ0) is 20.8. The van der Waals surface area contributed by atoms with Gasteiger partial charge in [-0.3, -0.25) is 14.2 Å². The molecule has 0 spiro atoms. The molecule has 0 amide bonds. The van der Waals surface area contributed by atoms with E-state index in [1.54, 1.807) is 36.4 Å². The molecular formula is C23H12ClFN2O2S. The van der Waals surface area contributed by atoms with Crippen molar-refractivity contribution in [3.63, 3.8) is 0 Å². The summed E-state index contributed by atoms with van der Waals surface area (Å²) in [7, 11) is 0. The maximum atomic E-state index is 13.6. The third kappa shape index (κ3) is 2.93. The fraction of sp³-hybridized carbons (Fsp3) is 0. The highest BCUT2D eigenvalue weighted by molar-refractivity contribution is 7.24. The van der Waals surface area contributed by atoms with Crippen molar-refractivity contribution < 1.29 is 4.39 Å². The van der Waals surface area contributed by atoms with E-state index >= 15 is 0 Å². The molecule has 4 nitrogen and oxygen atoms in total. The first-order valence-electron chi connectivity index (χ1n) is 9.04. The predicted octanol–water partition coefficient (Wildman–Crippen LogP) is 5.42. The second kappa shape index (κ2) is 7.16. The number of benzene rings is 3. The van der Waals surface area contributed by atoms with Crippen molar-refractivity contribution >= 4 is 43.2 Å². The quantitative estimate of drug-likeness (QED) is 0.348. The molecule has 0 bridgehead atoms. The van der Waals surface area contributed by atoms with Crippen LogP contribution in [0.4, 0.5) is 4.39 Å². The van der Waals surface area contributed by atoms with Gasteiger partial charge in [0.15, 0.2) is 5.82 Å². The Bertz CT molecular complexity index is 1560. The Morgan fingerprint density at radius 2 is 1.60 bits per heavy atom. The third-order valence-electron chi connectivity index (χ3n) is 4.82. The molecule has 0 fully saturated rings. The number of halogens is 2. The van der Waals surface area contributed by atoms with Crippen LogP contribution < -0.4 is 11.0 Å². The standard InChI is InChI=1S/C23H12ClFN2O2S/c24-17-7-3-1-5-15(17)21-26-22-19(20(28)16-6-2-4-8-18(16)30-22)23(29)27(21)14-11-9-13(25)10-12-14/h1-12H. The molecule has 0 saturated carbocycles. The molecule has 0 unspecified atom stereocenters. The van der Waals surface area contributed by atoms with E-state index < -0.39 is 11.4 Å². The van der Waals surface area contributed by atoms with E-state index in [0.29, 0.717) is 26.5 Å². The van der Waals surface area contributed by atoms with E-state index in [4.69, 9.17) is 11.6 Å². The minimum atomic E-state index is -0.520. The molecule has 5 aromatic rings. The van der Waals surface area contributed by atoms with Gasteiger partial charge in [0.25, 0.3) is 5.56 Å². The van der Waals surface area contributed by atoms with Gasteiger partial charge in [-0.05, 0) is 48.5 Å². The van der Waals surface area contributed by atoms with Gasteiger partial charge < -0.3 is 0 Å². The van der Waals surface area contributed by atoms with Gasteiger partial charge in [-0.2, -0.15) is 0 Å². The van der Waals surface area contributed by atoms with Gasteiger partial charge >= 0.3 is 0 Å². The van der Waals surface area contributed by atoms with E-state index in [0.717, 1.165) is 4.70 Å². The van der Waals surface area contributed by atoms with E-state index in [9.17, 15) is 14.0 Å². The first-order valence-corrected chi connectivity index (χ1v) is 10.2. The Hall–Kier alpha value is -3.35. The van der Waals surface area contributed by atoms with Crippen molar-refractivity contribution in [3.05, 3.63) is 104 Å². The Labute approximate surface area is 178 Å². The van der Waals surface area contributed by atoms with Crippen LogP contribution in [0, 0.1) is 5.82 Å². The SMILES string of the molecule is O=c1c2ccccc2sc2nc(-c3ccccc3Cl)n(-c3ccc(F)cc3)c(=O)c12. The summed E-state index contributed by atoms with van der Waals surface area (Å²) < 4.78 is 15.6. The summed E-state index contributed by atoms with van der Waals surface area (Å²) in [5.41, 5.74) is 0.0329. The zero-order valence-electron chi connectivity index (χ0n) is 15.3. The Kier molecular flexibility index (Phi) is 4.46. The van der Waals surface area contributed by atoms with Crippen molar-refractivity contribution in [2.45, 2.75) is 0 Å². The maximum Gasteiger partial charge on any atom is 0.271 e. The van der Waals surface area contributed by atoms with Crippen LogP contribution in [-0.2, 0) is 0 Å². The maximum absolute atomic E-state index is 13.6. The van der Waals surface area contributed by atoms with Crippen molar-refractivity contribution in [2.75, 3.05) is 0 Å². The normalized spacial score (nSPS) is 11.3. The lowest BCUT2D eigenvalue weighted by Crippen LogP contribution is -2.26. The largest absolute Gasteiger partial charge is 0.288 e. The number of nitrogens with zero attached hydrogens (tertiary/aromatic N) is 2. The van der Waals surface area contributed by atoms with Gasteiger partial charge in [0, 0.05) is 15.6 Å². The molecular weight excluding hydrogens is 423 g/mol. The molecule has 0 aliphatic rings. The highest BCUT2D eigenvalue weighted by atomic mass is 35.5. The van der Waals surface area contributed by atoms with Crippen LogP contribution in [0.5, 0.6) is 0 Å².